The summed E-state index contributed by atoms with van der Waals surface area (Å²) in [5.41, 5.74) is 0. The molecule has 4 nitrogen and oxygen atoms in total. The zero-order valence-electron chi connectivity index (χ0n) is 8.41. The molecule has 0 saturated heterocycles. The molecular weight excluding hydrogens is 180 g/mol. The largest absolute Gasteiger partial charge is 0.504 e. The van der Waals surface area contributed by atoms with Crippen LogP contribution in [0.3, 0.4) is 0 Å². The van der Waals surface area contributed by atoms with E-state index in [1.54, 1.807) is 0 Å². The van der Waals surface area contributed by atoms with Crippen molar-refractivity contribution in [2.45, 2.75) is 32.1 Å². The van der Waals surface area contributed by atoms with Crippen molar-refractivity contribution in [2.24, 2.45) is 0 Å². The maximum atomic E-state index is 11.0. The number of hydrogen-bond donors (Lipinski definition) is 1. The summed E-state index contributed by atoms with van der Waals surface area (Å²) in [6.07, 6.45) is 4.69. The SMILES string of the molecule is O=C(O)N1CCC[N+]2=C1CCCCC2. The highest BCUT2D eigenvalue weighted by Crippen LogP contribution is 2.14. The smallest absolute Gasteiger partial charge is 0.447 e. The Bertz CT molecular complexity index is 273. The Labute approximate surface area is 83.8 Å². The molecule has 0 aromatic carbocycles. The van der Waals surface area contributed by atoms with Gasteiger partial charge in [-0.2, -0.15) is 9.69 Å². The first kappa shape index (κ1) is 9.49. The van der Waals surface area contributed by atoms with Crippen LogP contribution in [0.1, 0.15) is 32.1 Å². The van der Waals surface area contributed by atoms with Crippen molar-refractivity contribution >= 4 is 11.9 Å². The molecule has 2 aliphatic rings. The van der Waals surface area contributed by atoms with Crippen LogP contribution in [0.25, 0.3) is 0 Å². The molecule has 0 fully saturated rings. The second kappa shape index (κ2) is 3.98. The van der Waals surface area contributed by atoms with E-state index in [2.05, 4.69) is 4.58 Å². The van der Waals surface area contributed by atoms with Crippen molar-refractivity contribution in [3.63, 3.8) is 0 Å². The predicted octanol–water partition coefficient (Wildman–Crippen LogP) is 1.36. The van der Waals surface area contributed by atoms with Crippen molar-refractivity contribution in [2.75, 3.05) is 19.6 Å². The van der Waals surface area contributed by atoms with E-state index in [1.807, 2.05) is 0 Å². The second-order valence-corrected chi connectivity index (χ2v) is 4.00. The quantitative estimate of drug-likeness (QED) is 0.596. The van der Waals surface area contributed by atoms with Gasteiger partial charge >= 0.3 is 6.09 Å². The Hall–Kier alpha value is -1.06. The maximum Gasteiger partial charge on any atom is 0.504 e. The molecule has 0 saturated carbocycles. The summed E-state index contributed by atoms with van der Waals surface area (Å²) >= 11 is 0. The molecule has 78 valence electrons. The van der Waals surface area contributed by atoms with Gasteiger partial charge in [0, 0.05) is 12.8 Å². The molecule has 1 amide bonds. The molecule has 0 unspecified atom stereocenters. The fraction of sp³-hybridized carbons (Fsp3) is 0.800. The van der Waals surface area contributed by atoms with Gasteiger partial charge in [0.05, 0.1) is 13.1 Å². The van der Waals surface area contributed by atoms with Gasteiger partial charge in [0.25, 0.3) is 5.84 Å². The number of hydrogen-bond acceptors (Lipinski definition) is 1. The van der Waals surface area contributed by atoms with Crippen LogP contribution >= 0.6 is 0 Å². The Morgan fingerprint density at radius 3 is 2.79 bits per heavy atom. The Morgan fingerprint density at radius 1 is 1.21 bits per heavy atom. The number of amidine groups is 1. The minimum Gasteiger partial charge on any atom is -0.447 e. The highest BCUT2D eigenvalue weighted by atomic mass is 16.4. The summed E-state index contributed by atoms with van der Waals surface area (Å²) in [5.74, 6) is 1.04. The number of carboxylic acid groups (broad SMARTS) is 1. The van der Waals surface area contributed by atoms with E-state index in [-0.39, 0.29) is 0 Å². The monoisotopic (exact) mass is 197 g/mol. The molecule has 0 radical (unpaired) electrons. The molecule has 0 aromatic heterocycles. The van der Waals surface area contributed by atoms with Crippen molar-refractivity contribution in [1.29, 1.82) is 0 Å². The molecule has 4 heteroatoms. The van der Waals surface area contributed by atoms with Gasteiger partial charge in [0.2, 0.25) is 0 Å². The van der Waals surface area contributed by atoms with E-state index in [9.17, 15) is 4.79 Å². The van der Waals surface area contributed by atoms with Gasteiger partial charge in [0.1, 0.15) is 6.54 Å². The van der Waals surface area contributed by atoms with Crippen LogP contribution in [-0.2, 0) is 0 Å². The lowest BCUT2D eigenvalue weighted by atomic mass is 10.2. The third-order valence-electron chi connectivity index (χ3n) is 3.05. The van der Waals surface area contributed by atoms with Crippen LogP contribution in [0.2, 0.25) is 0 Å². The Kier molecular flexibility index (Phi) is 2.70. The third-order valence-corrected chi connectivity index (χ3v) is 3.05. The van der Waals surface area contributed by atoms with E-state index in [0.29, 0.717) is 6.54 Å². The fourth-order valence-electron chi connectivity index (χ4n) is 2.35. The topological polar surface area (TPSA) is 43.5 Å². The molecule has 0 spiro atoms. The van der Waals surface area contributed by atoms with Gasteiger partial charge in [-0.05, 0) is 19.3 Å². The van der Waals surface area contributed by atoms with Gasteiger partial charge in [-0.1, -0.05) is 0 Å². The molecule has 0 atom stereocenters. The number of carbonyl (C=O) groups is 1. The minimum absolute atomic E-state index is 0.682. The van der Waals surface area contributed by atoms with Crippen LogP contribution in [0, 0.1) is 0 Å². The van der Waals surface area contributed by atoms with Gasteiger partial charge in [-0.15, -0.1) is 0 Å². The van der Waals surface area contributed by atoms with Gasteiger partial charge in [-0.3, -0.25) is 4.58 Å². The lowest BCUT2D eigenvalue weighted by Crippen LogP contribution is -2.46. The zero-order valence-corrected chi connectivity index (χ0v) is 8.41. The molecule has 2 rings (SSSR count). The molecule has 0 aliphatic carbocycles. The van der Waals surface area contributed by atoms with E-state index in [4.69, 9.17) is 5.11 Å². The molecule has 2 heterocycles. The standard InChI is InChI=1S/C10H16N2O2/c13-10(14)12-8-4-7-11-6-3-1-2-5-9(11)12/h1-8H2/p+1. The molecule has 2 aliphatic heterocycles. The fourth-order valence-corrected chi connectivity index (χ4v) is 2.35. The third kappa shape index (κ3) is 1.74. The van der Waals surface area contributed by atoms with E-state index in [1.165, 1.54) is 17.7 Å². The summed E-state index contributed by atoms with van der Waals surface area (Å²) in [4.78, 5) is 12.5. The first-order valence-electron chi connectivity index (χ1n) is 5.40. The summed E-state index contributed by atoms with van der Waals surface area (Å²) < 4.78 is 2.25. The summed E-state index contributed by atoms with van der Waals surface area (Å²) in [7, 11) is 0. The van der Waals surface area contributed by atoms with Crippen LogP contribution in [-0.4, -0.2) is 46.1 Å². The number of rotatable bonds is 0. The van der Waals surface area contributed by atoms with E-state index in [0.717, 1.165) is 38.2 Å². The summed E-state index contributed by atoms with van der Waals surface area (Å²) in [5, 5.41) is 9.05. The zero-order chi connectivity index (χ0) is 9.97. The summed E-state index contributed by atoms with van der Waals surface area (Å²) in [6.45, 7) is 2.76. The number of amides is 1. The Morgan fingerprint density at radius 2 is 2.00 bits per heavy atom. The second-order valence-electron chi connectivity index (χ2n) is 4.00. The molecule has 1 N–H and O–H groups in total. The molecular formula is C10H17N2O2+. The first-order valence-corrected chi connectivity index (χ1v) is 5.40. The van der Waals surface area contributed by atoms with Gasteiger partial charge in [-0.25, -0.2) is 0 Å². The normalized spacial score (nSPS) is 23.0. The maximum absolute atomic E-state index is 11.0. The van der Waals surface area contributed by atoms with Crippen LogP contribution in [0.4, 0.5) is 4.79 Å². The molecule has 14 heavy (non-hydrogen) atoms. The summed E-state index contributed by atoms with van der Waals surface area (Å²) in [6, 6.07) is 0. The average molecular weight is 197 g/mol. The lowest BCUT2D eigenvalue weighted by molar-refractivity contribution is -0.537. The molecule has 0 aromatic rings. The number of nitrogens with zero attached hydrogens (tertiary/aromatic N) is 2. The van der Waals surface area contributed by atoms with Gasteiger partial charge in [0.15, 0.2) is 0 Å². The van der Waals surface area contributed by atoms with Crippen LogP contribution in [0.5, 0.6) is 0 Å². The lowest BCUT2D eigenvalue weighted by Gasteiger charge is -2.21. The van der Waals surface area contributed by atoms with Crippen molar-refractivity contribution in [3.05, 3.63) is 0 Å². The highest BCUT2D eigenvalue weighted by Gasteiger charge is 2.33. The highest BCUT2D eigenvalue weighted by molar-refractivity contribution is 5.92. The van der Waals surface area contributed by atoms with Crippen molar-refractivity contribution in [1.82, 2.24) is 4.90 Å². The Balaban J connectivity index is 2.23. The minimum atomic E-state index is -0.786. The van der Waals surface area contributed by atoms with E-state index < -0.39 is 6.09 Å². The molecule has 0 bridgehead atoms. The van der Waals surface area contributed by atoms with Crippen LogP contribution < -0.4 is 0 Å². The van der Waals surface area contributed by atoms with Crippen LogP contribution in [0.15, 0.2) is 0 Å². The van der Waals surface area contributed by atoms with Crippen molar-refractivity contribution < 1.29 is 14.5 Å². The van der Waals surface area contributed by atoms with Crippen molar-refractivity contribution in [3.8, 4) is 0 Å². The van der Waals surface area contributed by atoms with Gasteiger partial charge < -0.3 is 5.11 Å². The predicted molar refractivity (Wildman–Crippen MR) is 52.8 cm³/mol. The first-order chi connectivity index (χ1) is 6.79. The average Bonchev–Trinajstić information content (AvgIpc) is 2.41. The van der Waals surface area contributed by atoms with E-state index >= 15 is 0 Å².